The molecule has 0 saturated heterocycles. The molecule has 0 bridgehead atoms. The Morgan fingerprint density at radius 2 is 1.44 bits per heavy atom. The van der Waals surface area contributed by atoms with Gasteiger partial charge in [0.15, 0.2) is 0 Å². The molecule has 1 atom stereocenters. The summed E-state index contributed by atoms with van der Waals surface area (Å²) in [6, 6.07) is 22.4. The number of aliphatic carboxylic acids is 1. The molecule has 1 aromatic heterocycles. The van der Waals surface area contributed by atoms with Crippen molar-refractivity contribution < 1.29 is 43.2 Å². The lowest BCUT2D eigenvalue weighted by Crippen LogP contribution is -2.39. The van der Waals surface area contributed by atoms with Crippen molar-refractivity contribution >= 4 is 34.4 Å². The van der Waals surface area contributed by atoms with Crippen LogP contribution < -0.4 is 20.7 Å². The van der Waals surface area contributed by atoms with Crippen LogP contribution in [0.5, 0.6) is 5.75 Å². The maximum Gasteiger partial charge on any atom is 0.305 e. The molecule has 0 spiro atoms. The van der Waals surface area contributed by atoms with Crippen molar-refractivity contribution in [2.24, 2.45) is 0 Å². The quantitative estimate of drug-likeness (QED) is 0.0615. The zero-order valence-corrected chi connectivity index (χ0v) is 31.1. The van der Waals surface area contributed by atoms with E-state index in [4.69, 9.17) is 23.7 Å². The summed E-state index contributed by atoms with van der Waals surface area (Å²) in [5.74, 6) is -0.322. The second kappa shape index (κ2) is 23.6. The van der Waals surface area contributed by atoms with Gasteiger partial charge in [0.05, 0.1) is 65.3 Å². The molecule has 0 aliphatic carbocycles. The van der Waals surface area contributed by atoms with Crippen LogP contribution in [0.25, 0.3) is 21.9 Å². The summed E-state index contributed by atoms with van der Waals surface area (Å²) in [5.41, 5.74) is 3.62. The Labute approximate surface area is 316 Å². The van der Waals surface area contributed by atoms with Crippen molar-refractivity contribution in [1.82, 2.24) is 15.6 Å². The first-order chi connectivity index (χ1) is 26.3. The first-order valence-electron chi connectivity index (χ1n) is 18.3. The van der Waals surface area contributed by atoms with E-state index in [0.717, 1.165) is 39.0 Å². The Morgan fingerprint density at radius 1 is 0.778 bits per heavy atom. The van der Waals surface area contributed by atoms with Crippen LogP contribution >= 0.6 is 0 Å². The molecule has 0 aliphatic rings. The van der Waals surface area contributed by atoms with E-state index in [-0.39, 0.29) is 25.3 Å². The van der Waals surface area contributed by atoms with Crippen LogP contribution in [0, 0.1) is 6.92 Å². The summed E-state index contributed by atoms with van der Waals surface area (Å²) in [5, 5.41) is 20.1. The van der Waals surface area contributed by atoms with Crippen LogP contribution in [0.1, 0.15) is 43.4 Å². The van der Waals surface area contributed by atoms with Crippen molar-refractivity contribution in [3.05, 3.63) is 90.1 Å². The molecule has 0 unspecified atom stereocenters. The molecule has 0 saturated carbocycles. The Hall–Kier alpha value is -5.08. The van der Waals surface area contributed by atoms with Crippen LogP contribution in [-0.2, 0) is 33.3 Å². The number of amides is 2. The van der Waals surface area contributed by atoms with E-state index < -0.39 is 17.9 Å². The summed E-state index contributed by atoms with van der Waals surface area (Å²) in [6.45, 7) is 8.79. The van der Waals surface area contributed by atoms with E-state index >= 15 is 0 Å². The summed E-state index contributed by atoms with van der Waals surface area (Å²) in [6.07, 6.45) is 2.19. The third-order valence-electron chi connectivity index (χ3n) is 8.28. The Morgan fingerprint density at radius 3 is 2.11 bits per heavy atom. The molecule has 1 heterocycles. The van der Waals surface area contributed by atoms with Gasteiger partial charge in [-0.1, -0.05) is 54.6 Å². The third-order valence-corrected chi connectivity index (χ3v) is 8.28. The van der Waals surface area contributed by atoms with Gasteiger partial charge in [-0.2, -0.15) is 0 Å². The van der Waals surface area contributed by atoms with Gasteiger partial charge in [-0.3, -0.25) is 14.4 Å². The van der Waals surface area contributed by atoms with Crippen LogP contribution in [0.3, 0.4) is 0 Å². The number of hydrogen-bond acceptors (Lipinski definition) is 10. The van der Waals surface area contributed by atoms with Gasteiger partial charge in [-0.15, -0.1) is 0 Å². The van der Waals surface area contributed by atoms with E-state index in [1.54, 1.807) is 6.20 Å². The van der Waals surface area contributed by atoms with Gasteiger partial charge in [0.1, 0.15) is 18.2 Å². The molecule has 2 amide bonds. The van der Waals surface area contributed by atoms with Gasteiger partial charge in [0.25, 0.3) is 0 Å². The highest BCUT2D eigenvalue weighted by Crippen LogP contribution is 2.35. The topological polar surface area (TPSA) is 167 Å². The third kappa shape index (κ3) is 14.7. The lowest BCUT2D eigenvalue weighted by Gasteiger charge is -2.19. The fourth-order valence-electron chi connectivity index (χ4n) is 5.60. The van der Waals surface area contributed by atoms with Crippen LogP contribution in [0.4, 0.5) is 5.82 Å². The highest BCUT2D eigenvalue weighted by Gasteiger charge is 2.19. The first kappa shape index (κ1) is 41.7. The lowest BCUT2D eigenvalue weighted by atomic mass is 9.95. The van der Waals surface area contributed by atoms with Gasteiger partial charge >= 0.3 is 5.97 Å². The number of fused-ring (bicyclic) bond motifs is 1. The number of carboxylic acid groups (broad SMARTS) is 1. The molecule has 0 aliphatic heterocycles. The van der Waals surface area contributed by atoms with Gasteiger partial charge in [0, 0.05) is 31.2 Å². The minimum atomic E-state index is -1.06. The molecule has 4 aromatic rings. The number of aryl methyl sites for hydroxylation is 1. The number of nitrogens with one attached hydrogen (secondary N) is 3. The zero-order valence-electron chi connectivity index (χ0n) is 31.1. The summed E-state index contributed by atoms with van der Waals surface area (Å²) < 4.78 is 27.9. The van der Waals surface area contributed by atoms with E-state index in [9.17, 15) is 19.5 Å². The molecule has 54 heavy (non-hydrogen) atoms. The van der Waals surface area contributed by atoms with Crippen LogP contribution in [-0.4, -0.2) is 100 Å². The maximum atomic E-state index is 12.8. The number of nitrogens with zero attached hydrogens (tertiary/aromatic N) is 1. The number of pyridine rings is 1. The number of hydrogen-bond donors (Lipinski definition) is 4. The van der Waals surface area contributed by atoms with Crippen LogP contribution in [0.2, 0.25) is 0 Å². The standard InChI is InChI=1S/C41H52N4O9/c1-3-50-19-20-51-21-22-52-23-24-53-25-26-54-37-15-14-33(34-7-4-5-8-35(34)37)31-10-12-32(13-11-31)36(28-41(48)49)45-40(47)29-44-39(46)9-6-17-42-38-27-30(2)16-18-43-38/h4-5,7-8,10-16,18,27,36H,3,6,9,17,19-26,28-29H2,1-2H3,(H,42,43)(H,44,46)(H,45,47)(H,48,49)/t36-/m0/s1. The Balaban J connectivity index is 1.23. The molecule has 0 radical (unpaired) electrons. The number of aromatic nitrogens is 1. The molecular weight excluding hydrogens is 692 g/mol. The summed E-state index contributed by atoms with van der Waals surface area (Å²) in [7, 11) is 0. The predicted octanol–water partition coefficient (Wildman–Crippen LogP) is 5.32. The largest absolute Gasteiger partial charge is 0.491 e. The predicted molar refractivity (Wildman–Crippen MR) is 207 cm³/mol. The fourth-order valence-corrected chi connectivity index (χ4v) is 5.60. The van der Waals surface area contributed by atoms with Crippen LogP contribution in [0.15, 0.2) is 79.0 Å². The number of anilines is 1. The SMILES string of the molecule is CCOCCOCCOCCOCCOc1ccc(-c2ccc([C@H](CC(=O)O)NC(=O)CNC(=O)CCCNc3cc(C)ccn3)cc2)c2ccccc12. The molecule has 4 rings (SSSR count). The summed E-state index contributed by atoms with van der Waals surface area (Å²) in [4.78, 5) is 41.0. The average Bonchev–Trinajstić information content (AvgIpc) is 3.17. The van der Waals surface area contributed by atoms with Gasteiger partial charge in [-0.25, -0.2) is 4.98 Å². The smallest absolute Gasteiger partial charge is 0.305 e. The number of rotatable bonds is 26. The maximum absolute atomic E-state index is 12.8. The normalized spacial score (nSPS) is 11.6. The van der Waals surface area contributed by atoms with E-state index in [1.165, 1.54) is 0 Å². The van der Waals surface area contributed by atoms with Crippen molar-refractivity contribution in [2.45, 2.75) is 39.2 Å². The fraction of sp³-hybridized carbons (Fsp3) is 0.415. The van der Waals surface area contributed by atoms with Crippen molar-refractivity contribution in [3.63, 3.8) is 0 Å². The molecule has 13 heteroatoms. The number of benzene rings is 3. The number of carboxylic acids is 1. The minimum Gasteiger partial charge on any atom is -0.491 e. The van der Waals surface area contributed by atoms with Gasteiger partial charge < -0.3 is 44.7 Å². The van der Waals surface area contributed by atoms with E-state index in [2.05, 4.69) is 20.9 Å². The molecular formula is C41H52N4O9. The van der Waals surface area contributed by atoms with E-state index in [1.807, 2.05) is 86.6 Å². The number of ether oxygens (including phenoxy) is 5. The molecule has 290 valence electrons. The Bertz CT molecular complexity index is 1750. The van der Waals surface area contributed by atoms with E-state index in [0.29, 0.717) is 78.0 Å². The van der Waals surface area contributed by atoms with Gasteiger partial charge in [-0.05, 0) is 66.1 Å². The molecule has 13 nitrogen and oxygen atoms in total. The average molecular weight is 745 g/mol. The van der Waals surface area contributed by atoms with Crippen molar-refractivity contribution in [2.75, 3.05) is 77.9 Å². The van der Waals surface area contributed by atoms with Gasteiger partial charge in [0.2, 0.25) is 11.8 Å². The van der Waals surface area contributed by atoms with Crippen molar-refractivity contribution in [1.29, 1.82) is 0 Å². The first-order valence-corrected chi connectivity index (χ1v) is 18.3. The second-order valence-electron chi connectivity index (χ2n) is 12.4. The number of carbonyl (C=O) groups is 3. The lowest BCUT2D eigenvalue weighted by molar-refractivity contribution is -0.138. The Kier molecular flexibility index (Phi) is 18.2. The van der Waals surface area contributed by atoms with Crippen molar-refractivity contribution in [3.8, 4) is 16.9 Å². The minimum absolute atomic E-state index is 0.228. The zero-order chi connectivity index (χ0) is 38.4. The molecule has 4 N–H and O–H groups in total. The highest BCUT2D eigenvalue weighted by atomic mass is 16.6. The summed E-state index contributed by atoms with van der Waals surface area (Å²) >= 11 is 0. The highest BCUT2D eigenvalue weighted by molar-refractivity contribution is 6.00. The number of carbonyl (C=O) groups excluding carboxylic acids is 2. The molecule has 3 aromatic carbocycles. The monoisotopic (exact) mass is 744 g/mol. The molecule has 0 fully saturated rings. The second-order valence-corrected chi connectivity index (χ2v) is 12.4.